The Morgan fingerprint density at radius 3 is 2.35 bits per heavy atom. The number of aliphatic hydroxyl groups is 1. The fourth-order valence-corrected chi connectivity index (χ4v) is 3.72. The quantitative estimate of drug-likeness (QED) is 0.871. The Kier molecular flexibility index (Phi) is 5.41. The van der Waals surface area contributed by atoms with E-state index < -0.39 is 18.2 Å². The van der Waals surface area contributed by atoms with E-state index >= 15 is 0 Å². The first kappa shape index (κ1) is 18.3. The van der Waals surface area contributed by atoms with Crippen LogP contribution in [0.4, 0.5) is 13.2 Å². The fraction of sp³-hybridized carbons (Fsp3) is 0.812. The van der Waals surface area contributed by atoms with Crippen molar-refractivity contribution in [1.29, 1.82) is 0 Å². The van der Waals surface area contributed by atoms with Crippen LogP contribution in [0.25, 0.3) is 0 Å². The fourth-order valence-electron chi connectivity index (χ4n) is 3.72. The van der Waals surface area contributed by atoms with Gasteiger partial charge in [-0.1, -0.05) is 13.8 Å². The predicted octanol–water partition coefficient (Wildman–Crippen LogP) is 2.97. The van der Waals surface area contributed by atoms with Crippen LogP contribution in [-0.4, -0.2) is 33.4 Å². The number of rotatable bonds is 5. The summed E-state index contributed by atoms with van der Waals surface area (Å²) in [4.78, 5) is 3.71. The summed E-state index contributed by atoms with van der Waals surface area (Å²) >= 11 is 0. The zero-order chi connectivity index (χ0) is 17.3. The maximum absolute atomic E-state index is 13.4. The summed E-state index contributed by atoms with van der Waals surface area (Å²) in [5.41, 5.74) is -2.93. The van der Waals surface area contributed by atoms with Crippen LogP contribution < -0.4 is 5.32 Å². The molecule has 2 rings (SSSR count). The van der Waals surface area contributed by atoms with Gasteiger partial charge in [0, 0.05) is 31.9 Å². The van der Waals surface area contributed by atoms with Crippen LogP contribution in [0, 0.1) is 11.8 Å². The largest absolute Gasteiger partial charge is 0.424 e. The molecule has 3 atom stereocenters. The van der Waals surface area contributed by atoms with Gasteiger partial charge in [0.2, 0.25) is 5.60 Å². The molecule has 23 heavy (non-hydrogen) atoms. The van der Waals surface area contributed by atoms with Gasteiger partial charge in [-0.2, -0.15) is 13.2 Å². The lowest BCUT2D eigenvalue weighted by molar-refractivity contribution is -0.272. The lowest BCUT2D eigenvalue weighted by Crippen LogP contribution is -2.47. The van der Waals surface area contributed by atoms with Crippen molar-refractivity contribution in [3.05, 3.63) is 18.2 Å². The molecular formula is C16H26F3N3O. The van der Waals surface area contributed by atoms with Crippen molar-refractivity contribution < 1.29 is 18.3 Å². The van der Waals surface area contributed by atoms with Crippen LogP contribution in [0.1, 0.15) is 45.4 Å². The molecule has 0 bridgehead atoms. The number of nitrogens with zero attached hydrogens (tertiary/aromatic N) is 2. The van der Waals surface area contributed by atoms with Gasteiger partial charge in [0.05, 0.1) is 0 Å². The van der Waals surface area contributed by atoms with Gasteiger partial charge < -0.3 is 15.0 Å². The molecule has 2 N–H and O–H groups in total. The second-order valence-corrected chi connectivity index (χ2v) is 7.04. The minimum Gasteiger partial charge on any atom is -0.374 e. The van der Waals surface area contributed by atoms with Crippen molar-refractivity contribution in [3.8, 4) is 0 Å². The highest BCUT2D eigenvalue weighted by atomic mass is 19.4. The van der Waals surface area contributed by atoms with Gasteiger partial charge in [-0.05, 0) is 37.6 Å². The lowest BCUT2D eigenvalue weighted by atomic mass is 9.80. The lowest BCUT2D eigenvalue weighted by Gasteiger charge is -2.34. The van der Waals surface area contributed by atoms with E-state index in [0.29, 0.717) is 11.8 Å². The first-order chi connectivity index (χ1) is 10.6. The third kappa shape index (κ3) is 4.07. The average molecular weight is 333 g/mol. The number of alkyl halides is 3. The molecular weight excluding hydrogens is 307 g/mol. The highest BCUT2D eigenvalue weighted by molar-refractivity contribution is 5.08. The SMILES string of the molecule is CC1CC(C)CC(NCCC(O)(c2nccn2C)C(F)(F)F)C1. The number of hydrogen-bond acceptors (Lipinski definition) is 3. The standard InChI is InChI=1S/C16H26F3N3O/c1-11-8-12(2)10-13(9-11)20-5-4-15(23,16(17,18)19)14-21-6-7-22(14)3/h6-7,11-13,20,23H,4-5,8-10H2,1-3H3. The third-order valence-corrected chi connectivity index (χ3v) is 4.76. The van der Waals surface area contributed by atoms with E-state index in [-0.39, 0.29) is 18.4 Å². The summed E-state index contributed by atoms with van der Waals surface area (Å²) < 4.78 is 41.4. The van der Waals surface area contributed by atoms with Crippen molar-refractivity contribution in [2.24, 2.45) is 18.9 Å². The second-order valence-electron chi connectivity index (χ2n) is 7.04. The first-order valence-electron chi connectivity index (χ1n) is 8.13. The van der Waals surface area contributed by atoms with Gasteiger partial charge in [-0.15, -0.1) is 0 Å². The number of aryl methyl sites for hydroxylation is 1. The van der Waals surface area contributed by atoms with Gasteiger partial charge in [-0.3, -0.25) is 0 Å². The molecule has 0 radical (unpaired) electrons. The molecule has 0 amide bonds. The Hall–Kier alpha value is -1.08. The Balaban J connectivity index is 2.01. The molecule has 4 nitrogen and oxygen atoms in total. The van der Waals surface area contributed by atoms with Crippen molar-refractivity contribution in [2.45, 2.75) is 57.3 Å². The molecule has 1 fully saturated rings. The first-order valence-corrected chi connectivity index (χ1v) is 8.13. The van der Waals surface area contributed by atoms with Crippen molar-refractivity contribution in [2.75, 3.05) is 6.54 Å². The zero-order valence-corrected chi connectivity index (χ0v) is 13.9. The van der Waals surface area contributed by atoms with Gasteiger partial charge >= 0.3 is 6.18 Å². The highest BCUT2D eigenvalue weighted by Crippen LogP contribution is 2.40. The number of nitrogens with one attached hydrogen (secondary N) is 1. The molecule has 1 aliphatic carbocycles. The van der Waals surface area contributed by atoms with Gasteiger partial charge in [0.1, 0.15) is 5.82 Å². The molecule has 0 saturated heterocycles. The molecule has 1 aliphatic rings. The van der Waals surface area contributed by atoms with E-state index in [1.807, 2.05) is 0 Å². The van der Waals surface area contributed by atoms with Crippen molar-refractivity contribution in [3.63, 3.8) is 0 Å². The summed E-state index contributed by atoms with van der Waals surface area (Å²) in [6.45, 7) is 4.45. The Morgan fingerprint density at radius 2 is 1.87 bits per heavy atom. The molecule has 1 aromatic rings. The maximum Gasteiger partial charge on any atom is 0.424 e. The normalized spacial score (nSPS) is 28.6. The minimum absolute atomic E-state index is 0.104. The molecule has 0 spiro atoms. The van der Waals surface area contributed by atoms with Crippen LogP contribution in [0.3, 0.4) is 0 Å². The molecule has 1 heterocycles. The van der Waals surface area contributed by atoms with E-state index in [1.165, 1.54) is 24.0 Å². The van der Waals surface area contributed by atoms with Crippen LogP contribution in [0.5, 0.6) is 0 Å². The van der Waals surface area contributed by atoms with Crippen molar-refractivity contribution in [1.82, 2.24) is 14.9 Å². The summed E-state index contributed by atoms with van der Waals surface area (Å²) in [5.74, 6) is 0.789. The van der Waals surface area contributed by atoms with E-state index in [0.717, 1.165) is 19.3 Å². The highest BCUT2D eigenvalue weighted by Gasteiger charge is 2.57. The topological polar surface area (TPSA) is 50.1 Å². The van der Waals surface area contributed by atoms with E-state index in [1.54, 1.807) is 0 Å². The molecule has 7 heteroatoms. The van der Waals surface area contributed by atoms with E-state index in [9.17, 15) is 18.3 Å². The summed E-state index contributed by atoms with van der Waals surface area (Å²) in [7, 11) is 1.46. The summed E-state index contributed by atoms with van der Waals surface area (Å²) in [6.07, 6.45) is 0.571. The van der Waals surface area contributed by atoms with Gasteiger partial charge in [0.25, 0.3) is 0 Å². The summed E-state index contributed by atoms with van der Waals surface area (Å²) in [6, 6.07) is 0.215. The monoisotopic (exact) mass is 333 g/mol. The maximum atomic E-state index is 13.4. The van der Waals surface area contributed by atoms with Crippen molar-refractivity contribution >= 4 is 0 Å². The second kappa shape index (κ2) is 6.81. The Bertz CT molecular complexity index is 507. The van der Waals surface area contributed by atoms with Crippen LogP contribution in [0.2, 0.25) is 0 Å². The molecule has 0 aromatic carbocycles. The molecule has 1 saturated carbocycles. The molecule has 3 unspecified atom stereocenters. The van der Waals surface area contributed by atoms with Gasteiger partial charge in [-0.25, -0.2) is 4.98 Å². The molecule has 132 valence electrons. The zero-order valence-electron chi connectivity index (χ0n) is 13.9. The Labute approximate surface area is 135 Å². The van der Waals surface area contributed by atoms with Crippen LogP contribution in [-0.2, 0) is 12.6 Å². The Morgan fingerprint density at radius 1 is 1.26 bits per heavy atom. The van der Waals surface area contributed by atoms with E-state index in [4.69, 9.17) is 0 Å². The predicted molar refractivity (Wildman–Crippen MR) is 81.7 cm³/mol. The molecule has 0 aliphatic heterocycles. The number of imidazole rings is 1. The number of hydrogen-bond donors (Lipinski definition) is 2. The van der Waals surface area contributed by atoms with E-state index in [2.05, 4.69) is 24.1 Å². The van der Waals surface area contributed by atoms with Gasteiger partial charge in [0.15, 0.2) is 0 Å². The summed E-state index contributed by atoms with van der Waals surface area (Å²) in [5, 5.41) is 13.5. The number of halogens is 3. The number of aromatic nitrogens is 2. The smallest absolute Gasteiger partial charge is 0.374 e. The van der Waals surface area contributed by atoms with Crippen LogP contribution in [0.15, 0.2) is 12.4 Å². The molecule has 1 aromatic heterocycles. The third-order valence-electron chi connectivity index (χ3n) is 4.76. The average Bonchev–Trinajstić information content (AvgIpc) is 2.82. The minimum atomic E-state index is -4.76. The van der Waals surface area contributed by atoms with Crippen LogP contribution >= 0.6 is 0 Å².